The SMILES string of the molecule is CCC1(C(=O)O)CCCCC1C(=O)O. The molecule has 1 fully saturated rings. The second-order valence-corrected chi connectivity index (χ2v) is 3.95. The van der Waals surface area contributed by atoms with Crippen molar-refractivity contribution in [3.8, 4) is 0 Å². The van der Waals surface area contributed by atoms with E-state index in [-0.39, 0.29) is 0 Å². The third kappa shape index (κ3) is 1.61. The Bertz CT molecular complexity index is 249. The highest BCUT2D eigenvalue weighted by Crippen LogP contribution is 2.44. The topological polar surface area (TPSA) is 74.6 Å². The van der Waals surface area contributed by atoms with Crippen LogP contribution in [0.4, 0.5) is 0 Å². The fraction of sp³-hybridized carbons (Fsp3) is 0.800. The predicted octanol–water partition coefficient (Wildman–Crippen LogP) is 1.74. The van der Waals surface area contributed by atoms with Gasteiger partial charge in [-0.05, 0) is 19.3 Å². The molecule has 1 rings (SSSR count). The first kappa shape index (κ1) is 11.0. The van der Waals surface area contributed by atoms with Crippen LogP contribution >= 0.6 is 0 Å². The first-order chi connectivity index (χ1) is 6.54. The maximum absolute atomic E-state index is 11.2. The van der Waals surface area contributed by atoms with Crippen LogP contribution in [-0.4, -0.2) is 22.2 Å². The number of carboxylic acid groups (broad SMARTS) is 2. The Morgan fingerprint density at radius 3 is 2.36 bits per heavy atom. The third-order valence-electron chi connectivity index (χ3n) is 3.39. The van der Waals surface area contributed by atoms with Crippen LogP contribution in [0, 0.1) is 11.3 Å². The number of hydrogen-bond donors (Lipinski definition) is 2. The zero-order valence-corrected chi connectivity index (χ0v) is 8.32. The molecule has 80 valence electrons. The largest absolute Gasteiger partial charge is 0.481 e. The average Bonchev–Trinajstić information content (AvgIpc) is 2.17. The Kier molecular flexibility index (Phi) is 3.13. The van der Waals surface area contributed by atoms with Crippen LogP contribution in [0.2, 0.25) is 0 Å². The molecule has 0 amide bonds. The van der Waals surface area contributed by atoms with Gasteiger partial charge in [0, 0.05) is 0 Å². The van der Waals surface area contributed by atoms with Gasteiger partial charge in [-0.15, -0.1) is 0 Å². The van der Waals surface area contributed by atoms with Crippen molar-refractivity contribution in [3.05, 3.63) is 0 Å². The fourth-order valence-electron chi connectivity index (χ4n) is 2.43. The molecular formula is C10H16O4. The number of aliphatic carboxylic acids is 2. The van der Waals surface area contributed by atoms with Gasteiger partial charge in [0.05, 0.1) is 11.3 Å². The summed E-state index contributed by atoms with van der Waals surface area (Å²) in [6.45, 7) is 1.76. The summed E-state index contributed by atoms with van der Waals surface area (Å²) in [6, 6.07) is 0. The van der Waals surface area contributed by atoms with E-state index in [1.165, 1.54) is 0 Å². The van der Waals surface area contributed by atoms with Gasteiger partial charge in [-0.2, -0.15) is 0 Å². The summed E-state index contributed by atoms with van der Waals surface area (Å²) in [7, 11) is 0. The average molecular weight is 200 g/mol. The lowest BCUT2D eigenvalue weighted by molar-refractivity contribution is -0.166. The van der Waals surface area contributed by atoms with Crippen molar-refractivity contribution < 1.29 is 19.8 Å². The molecule has 2 N–H and O–H groups in total. The molecule has 0 heterocycles. The number of carbonyl (C=O) groups is 2. The third-order valence-corrected chi connectivity index (χ3v) is 3.39. The summed E-state index contributed by atoms with van der Waals surface area (Å²) in [6.07, 6.45) is 3.04. The van der Waals surface area contributed by atoms with Gasteiger partial charge in [-0.3, -0.25) is 9.59 Å². The van der Waals surface area contributed by atoms with Gasteiger partial charge < -0.3 is 10.2 Å². The van der Waals surface area contributed by atoms with E-state index in [1.807, 2.05) is 0 Å². The molecular weight excluding hydrogens is 184 g/mol. The molecule has 2 atom stereocenters. The van der Waals surface area contributed by atoms with Gasteiger partial charge in [0.2, 0.25) is 0 Å². The minimum atomic E-state index is -1.02. The molecule has 0 aromatic carbocycles. The number of rotatable bonds is 3. The van der Waals surface area contributed by atoms with Crippen LogP contribution in [0.25, 0.3) is 0 Å². The van der Waals surface area contributed by atoms with Crippen LogP contribution in [-0.2, 0) is 9.59 Å². The van der Waals surface area contributed by atoms with E-state index in [2.05, 4.69) is 0 Å². The summed E-state index contributed by atoms with van der Waals surface area (Å²) in [5.74, 6) is -2.63. The lowest BCUT2D eigenvalue weighted by atomic mass is 9.64. The van der Waals surface area contributed by atoms with Gasteiger partial charge in [-0.1, -0.05) is 19.8 Å². The van der Waals surface area contributed by atoms with Crippen molar-refractivity contribution in [2.75, 3.05) is 0 Å². The summed E-state index contributed by atoms with van der Waals surface area (Å²) in [4.78, 5) is 22.1. The maximum atomic E-state index is 11.2. The summed E-state index contributed by atoms with van der Waals surface area (Å²) in [5, 5.41) is 18.1. The summed E-state index contributed by atoms with van der Waals surface area (Å²) >= 11 is 0. The molecule has 0 saturated heterocycles. The Balaban J connectivity index is 2.98. The quantitative estimate of drug-likeness (QED) is 0.727. The van der Waals surface area contributed by atoms with Crippen molar-refractivity contribution in [3.63, 3.8) is 0 Å². The van der Waals surface area contributed by atoms with Crippen molar-refractivity contribution in [2.45, 2.75) is 39.0 Å². The molecule has 14 heavy (non-hydrogen) atoms. The Morgan fingerprint density at radius 2 is 2.00 bits per heavy atom. The predicted molar refractivity (Wildman–Crippen MR) is 50.0 cm³/mol. The Labute approximate surface area is 82.9 Å². The van der Waals surface area contributed by atoms with Crippen LogP contribution in [0.5, 0.6) is 0 Å². The lowest BCUT2D eigenvalue weighted by Crippen LogP contribution is -2.44. The van der Waals surface area contributed by atoms with Crippen LogP contribution in [0.3, 0.4) is 0 Å². The molecule has 2 unspecified atom stereocenters. The van der Waals surface area contributed by atoms with Crippen molar-refractivity contribution in [1.82, 2.24) is 0 Å². The molecule has 1 aliphatic carbocycles. The van der Waals surface area contributed by atoms with E-state index < -0.39 is 23.3 Å². The molecule has 0 aromatic rings. The van der Waals surface area contributed by atoms with E-state index >= 15 is 0 Å². The highest BCUT2D eigenvalue weighted by atomic mass is 16.4. The molecule has 0 aliphatic heterocycles. The minimum absolute atomic E-state index is 0.402. The number of hydrogen-bond acceptors (Lipinski definition) is 2. The van der Waals surface area contributed by atoms with E-state index in [0.717, 1.165) is 12.8 Å². The highest BCUT2D eigenvalue weighted by molar-refractivity contribution is 5.83. The molecule has 1 aliphatic rings. The second kappa shape index (κ2) is 3.98. The van der Waals surface area contributed by atoms with E-state index in [1.54, 1.807) is 6.92 Å². The lowest BCUT2D eigenvalue weighted by Gasteiger charge is -2.37. The van der Waals surface area contributed by atoms with E-state index in [0.29, 0.717) is 19.3 Å². The first-order valence-corrected chi connectivity index (χ1v) is 5.01. The maximum Gasteiger partial charge on any atom is 0.310 e. The Hall–Kier alpha value is -1.06. The van der Waals surface area contributed by atoms with Crippen LogP contribution in [0.15, 0.2) is 0 Å². The molecule has 0 radical (unpaired) electrons. The fourth-order valence-corrected chi connectivity index (χ4v) is 2.43. The van der Waals surface area contributed by atoms with E-state index in [9.17, 15) is 9.59 Å². The zero-order valence-electron chi connectivity index (χ0n) is 8.32. The van der Waals surface area contributed by atoms with Gasteiger partial charge in [0.15, 0.2) is 0 Å². The van der Waals surface area contributed by atoms with E-state index in [4.69, 9.17) is 10.2 Å². The van der Waals surface area contributed by atoms with Crippen molar-refractivity contribution in [2.24, 2.45) is 11.3 Å². The molecule has 0 aromatic heterocycles. The number of carboxylic acids is 2. The molecule has 4 nitrogen and oxygen atoms in total. The van der Waals surface area contributed by atoms with Gasteiger partial charge >= 0.3 is 11.9 Å². The smallest absolute Gasteiger partial charge is 0.310 e. The van der Waals surface area contributed by atoms with Crippen LogP contribution < -0.4 is 0 Å². The van der Waals surface area contributed by atoms with Gasteiger partial charge in [-0.25, -0.2) is 0 Å². The van der Waals surface area contributed by atoms with Crippen molar-refractivity contribution >= 4 is 11.9 Å². The standard InChI is InChI=1S/C10H16O4/c1-2-10(9(13)14)6-4-3-5-7(10)8(11)12/h7H,2-6H2,1H3,(H,11,12)(H,13,14). The minimum Gasteiger partial charge on any atom is -0.481 e. The van der Waals surface area contributed by atoms with Gasteiger partial charge in [0.25, 0.3) is 0 Å². The van der Waals surface area contributed by atoms with Crippen LogP contribution in [0.1, 0.15) is 39.0 Å². The summed E-state index contributed by atoms with van der Waals surface area (Å²) < 4.78 is 0. The second-order valence-electron chi connectivity index (χ2n) is 3.95. The Morgan fingerprint density at radius 1 is 1.36 bits per heavy atom. The molecule has 0 bridgehead atoms. The zero-order chi connectivity index (χ0) is 10.8. The van der Waals surface area contributed by atoms with Gasteiger partial charge in [0.1, 0.15) is 0 Å². The first-order valence-electron chi connectivity index (χ1n) is 5.01. The molecule has 0 spiro atoms. The monoisotopic (exact) mass is 200 g/mol. The highest BCUT2D eigenvalue weighted by Gasteiger charge is 2.49. The molecule has 1 saturated carbocycles. The van der Waals surface area contributed by atoms with Crippen molar-refractivity contribution in [1.29, 1.82) is 0 Å². The normalized spacial score (nSPS) is 32.5. The molecule has 4 heteroatoms. The summed E-state index contributed by atoms with van der Waals surface area (Å²) in [5.41, 5.74) is -1.02.